The maximum Gasteiger partial charge on any atom is 0.334 e. The molecule has 148 valence electrons. The SMILES string of the molecule is COC(=O)[C@@H](CCCCC#N)NC(=O)c1ccc(CP(=O)(OC)OC)cc1. The van der Waals surface area contributed by atoms with Crippen LogP contribution in [-0.2, 0) is 29.3 Å². The summed E-state index contributed by atoms with van der Waals surface area (Å²) in [6.45, 7) is 0. The Kier molecular flexibility index (Phi) is 9.73. The summed E-state index contributed by atoms with van der Waals surface area (Å²) in [5.74, 6) is -0.947. The minimum Gasteiger partial charge on any atom is -0.467 e. The van der Waals surface area contributed by atoms with Gasteiger partial charge in [-0.05, 0) is 37.0 Å². The van der Waals surface area contributed by atoms with E-state index in [1.165, 1.54) is 21.3 Å². The van der Waals surface area contributed by atoms with Crippen LogP contribution in [0.4, 0.5) is 0 Å². The highest BCUT2D eigenvalue weighted by Crippen LogP contribution is 2.49. The zero-order valence-electron chi connectivity index (χ0n) is 15.8. The maximum absolute atomic E-state index is 12.4. The van der Waals surface area contributed by atoms with Crippen LogP contribution in [0.2, 0.25) is 0 Å². The molecule has 0 saturated carbocycles. The van der Waals surface area contributed by atoms with Gasteiger partial charge in [0.05, 0.1) is 19.3 Å². The topological polar surface area (TPSA) is 115 Å². The predicted molar refractivity (Wildman–Crippen MR) is 99.1 cm³/mol. The normalized spacial score (nSPS) is 12.1. The molecular weight excluding hydrogens is 371 g/mol. The van der Waals surface area contributed by atoms with Gasteiger partial charge in [0.25, 0.3) is 5.91 Å². The minimum atomic E-state index is -3.18. The van der Waals surface area contributed by atoms with E-state index in [-0.39, 0.29) is 6.16 Å². The Bertz CT molecular complexity index is 706. The molecule has 0 aliphatic carbocycles. The number of methoxy groups -OCH3 is 1. The molecular formula is C18H25N2O6P. The molecule has 1 aromatic rings. The fraction of sp³-hybridized carbons (Fsp3) is 0.500. The summed E-state index contributed by atoms with van der Waals surface area (Å²) in [5.41, 5.74) is 1.05. The number of unbranched alkanes of at least 4 members (excludes halogenated alkanes) is 2. The van der Waals surface area contributed by atoms with Crippen LogP contribution in [0.3, 0.4) is 0 Å². The van der Waals surface area contributed by atoms with Crippen molar-refractivity contribution in [1.82, 2.24) is 5.32 Å². The second-order valence-corrected chi connectivity index (χ2v) is 8.05. The Balaban J connectivity index is 2.74. The van der Waals surface area contributed by atoms with Gasteiger partial charge >= 0.3 is 13.6 Å². The number of hydrogen-bond acceptors (Lipinski definition) is 7. The van der Waals surface area contributed by atoms with Gasteiger partial charge < -0.3 is 19.1 Å². The first kappa shape index (κ1) is 22.8. The van der Waals surface area contributed by atoms with Gasteiger partial charge in [-0.15, -0.1) is 0 Å². The third-order valence-corrected chi connectivity index (χ3v) is 5.84. The molecule has 1 atom stereocenters. The molecule has 0 aliphatic heterocycles. The lowest BCUT2D eigenvalue weighted by Gasteiger charge is -2.17. The molecule has 0 bridgehead atoms. The van der Waals surface area contributed by atoms with Crippen LogP contribution < -0.4 is 5.32 Å². The summed E-state index contributed by atoms with van der Waals surface area (Å²) >= 11 is 0. The molecule has 0 spiro atoms. The van der Waals surface area contributed by atoms with Gasteiger partial charge in [-0.2, -0.15) is 5.26 Å². The summed E-state index contributed by atoms with van der Waals surface area (Å²) in [6, 6.07) is 7.72. The number of nitrogens with one attached hydrogen (secondary N) is 1. The zero-order chi connectivity index (χ0) is 20.3. The number of benzene rings is 1. The minimum absolute atomic E-state index is 0.0889. The van der Waals surface area contributed by atoms with E-state index in [2.05, 4.69) is 5.32 Å². The van der Waals surface area contributed by atoms with Crippen LogP contribution in [0.15, 0.2) is 24.3 Å². The number of esters is 1. The lowest BCUT2D eigenvalue weighted by molar-refractivity contribution is -0.143. The van der Waals surface area contributed by atoms with Crippen LogP contribution in [0.1, 0.15) is 41.6 Å². The molecule has 1 N–H and O–H groups in total. The van der Waals surface area contributed by atoms with Crippen molar-refractivity contribution in [1.29, 1.82) is 5.26 Å². The van der Waals surface area contributed by atoms with Gasteiger partial charge in [-0.25, -0.2) is 4.79 Å². The van der Waals surface area contributed by atoms with Crippen molar-refractivity contribution in [2.75, 3.05) is 21.3 Å². The fourth-order valence-corrected chi connectivity index (χ4v) is 3.44. The lowest BCUT2D eigenvalue weighted by Crippen LogP contribution is -2.41. The van der Waals surface area contributed by atoms with E-state index < -0.39 is 25.5 Å². The average Bonchev–Trinajstić information content (AvgIpc) is 2.69. The lowest BCUT2D eigenvalue weighted by atomic mass is 10.1. The molecule has 1 rings (SSSR count). The summed E-state index contributed by atoms with van der Waals surface area (Å²) in [7, 11) is 0.705. The fourth-order valence-electron chi connectivity index (χ4n) is 2.37. The van der Waals surface area contributed by atoms with E-state index in [0.29, 0.717) is 36.8 Å². The van der Waals surface area contributed by atoms with E-state index in [4.69, 9.17) is 19.0 Å². The molecule has 1 aromatic carbocycles. The van der Waals surface area contributed by atoms with Crippen molar-refractivity contribution < 1.29 is 27.9 Å². The highest BCUT2D eigenvalue weighted by Gasteiger charge is 2.23. The van der Waals surface area contributed by atoms with Gasteiger partial charge in [-0.3, -0.25) is 9.36 Å². The molecule has 0 aromatic heterocycles. The maximum atomic E-state index is 12.4. The molecule has 9 heteroatoms. The molecule has 0 fully saturated rings. The average molecular weight is 396 g/mol. The quantitative estimate of drug-likeness (QED) is 0.347. The number of carbonyl (C=O) groups excluding carboxylic acids is 2. The number of nitriles is 1. The van der Waals surface area contributed by atoms with E-state index in [1.807, 2.05) is 6.07 Å². The largest absolute Gasteiger partial charge is 0.467 e. The molecule has 0 saturated heterocycles. The third-order valence-electron chi connectivity index (χ3n) is 3.97. The Morgan fingerprint density at radius 3 is 2.30 bits per heavy atom. The molecule has 0 radical (unpaired) electrons. The van der Waals surface area contributed by atoms with E-state index in [9.17, 15) is 14.2 Å². The first-order chi connectivity index (χ1) is 12.9. The molecule has 8 nitrogen and oxygen atoms in total. The number of ether oxygens (including phenoxy) is 1. The Hall–Kier alpha value is -2.20. The summed E-state index contributed by atoms with van der Waals surface area (Å²) in [4.78, 5) is 24.3. The van der Waals surface area contributed by atoms with Gasteiger partial charge in [0.1, 0.15) is 6.04 Å². The predicted octanol–water partition coefficient (Wildman–Crippen LogP) is 3.03. The molecule has 0 heterocycles. The van der Waals surface area contributed by atoms with Crippen LogP contribution in [0.25, 0.3) is 0 Å². The second kappa shape index (κ2) is 11.5. The summed E-state index contributed by atoms with van der Waals surface area (Å²) in [6.07, 6.45) is 2.15. The Morgan fingerprint density at radius 2 is 1.78 bits per heavy atom. The van der Waals surface area contributed by atoms with Crippen LogP contribution >= 0.6 is 7.60 Å². The van der Waals surface area contributed by atoms with Gasteiger partial charge in [0, 0.05) is 26.2 Å². The van der Waals surface area contributed by atoms with Crippen molar-refractivity contribution in [3.05, 3.63) is 35.4 Å². The van der Waals surface area contributed by atoms with Crippen molar-refractivity contribution >= 4 is 19.5 Å². The highest BCUT2D eigenvalue weighted by atomic mass is 31.2. The van der Waals surface area contributed by atoms with Gasteiger partial charge in [0.2, 0.25) is 0 Å². The van der Waals surface area contributed by atoms with E-state index >= 15 is 0 Å². The highest BCUT2D eigenvalue weighted by molar-refractivity contribution is 7.52. The monoisotopic (exact) mass is 396 g/mol. The third kappa shape index (κ3) is 7.51. The van der Waals surface area contributed by atoms with E-state index in [1.54, 1.807) is 24.3 Å². The first-order valence-electron chi connectivity index (χ1n) is 8.44. The van der Waals surface area contributed by atoms with Gasteiger partial charge in [-0.1, -0.05) is 12.1 Å². The number of hydrogen-bond donors (Lipinski definition) is 1. The molecule has 27 heavy (non-hydrogen) atoms. The van der Waals surface area contributed by atoms with Crippen LogP contribution in [0.5, 0.6) is 0 Å². The van der Waals surface area contributed by atoms with Crippen LogP contribution in [0, 0.1) is 11.3 Å². The molecule has 0 aliphatic rings. The van der Waals surface area contributed by atoms with Crippen molar-refractivity contribution in [3.63, 3.8) is 0 Å². The van der Waals surface area contributed by atoms with E-state index in [0.717, 1.165) is 0 Å². The Morgan fingerprint density at radius 1 is 1.15 bits per heavy atom. The van der Waals surface area contributed by atoms with Crippen molar-refractivity contribution in [2.45, 2.75) is 37.9 Å². The molecule has 0 unspecified atom stereocenters. The molecule has 1 amide bonds. The van der Waals surface area contributed by atoms with Crippen molar-refractivity contribution in [2.24, 2.45) is 0 Å². The summed E-state index contributed by atoms with van der Waals surface area (Å²) < 4.78 is 26.7. The second-order valence-electron chi connectivity index (χ2n) is 5.78. The van der Waals surface area contributed by atoms with Gasteiger partial charge in [0.15, 0.2) is 0 Å². The van der Waals surface area contributed by atoms with Crippen LogP contribution in [-0.4, -0.2) is 39.2 Å². The number of amides is 1. The zero-order valence-corrected chi connectivity index (χ0v) is 16.7. The van der Waals surface area contributed by atoms with Crippen molar-refractivity contribution in [3.8, 4) is 6.07 Å². The number of rotatable bonds is 11. The number of carbonyl (C=O) groups is 2. The first-order valence-corrected chi connectivity index (χ1v) is 10.2. The number of nitrogens with zero attached hydrogens (tertiary/aromatic N) is 1. The Labute approximate surface area is 159 Å². The smallest absolute Gasteiger partial charge is 0.334 e. The standard InChI is InChI=1S/C18H25N2O6P/c1-24-18(22)16(7-5-4-6-12-19)20-17(21)15-10-8-14(9-11-15)13-27(23,25-2)26-3/h8-11,16H,4-7,13H2,1-3H3,(H,20,21)/t16-/m1/s1. The summed E-state index contributed by atoms with van der Waals surface area (Å²) in [5, 5.41) is 11.2.